The predicted octanol–water partition coefficient (Wildman–Crippen LogP) is 3.07. The molecule has 0 saturated carbocycles. The summed E-state index contributed by atoms with van der Waals surface area (Å²) < 4.78 is 39.5. The van der Waals surface area contributed by atoms with Gasteiger partial charge in [0.15, 0.2) is 11.6 Å². The molecule has 1 saturated heterocycles. The first-order valence-electron chi connectivity index (χ1n) is 10.0. The van der Waals surface area contributed by atoms with Crippen molar-refractivity contribution >= 4 is 11.6 Å². The first-order chi connectivity index (χ1) is 14.7. The molecule has 2 aromatic rings. The number of amides is 1. The predicted molar refractivity (Wildman–Crippen MR) is 109 cm³/mol. The molecule has 1 aromatic carbocycles. The molecule has 0 aliphatic carbocycles. The second-order valence-corrected chi connectivity index (χ2v) is 7.98. The van der Waals surface area contributed by atoms with Crippen molar-refractivity contribution < 1.29 is 33.3 Å². The summed E-state index contributed by atoms with van der Waals surface area (Å²) in [7, 11) is 0. The zero-order chi connectivity index (χ0) is 22.8. The van der Waals surface area contributed by atoms with Crippen LogP contribution in [0.2, 0.25) is 0 Å². The lowest BCUT2D eigenvalue weighted by Gasteiger charge is -2.21. The number of anilines is 1. The molecular weight excluding hydrogens is 410 g/mol. The summed E-state index contributed by atoms with van der Waals surface area (Å²) in [5.74, 6) is -3.36. The van der Waals surface area contributed by atoms with E-state index in [0.29, 0.717) is 17.7 Å². The van der Waals surface area contributed by atoms with E-state index in [4.69, 9.17) is 14.6 Å². The summed E-state index contributed by atoms with van der Waals surface area (Å²) in [6, 6.07) is 5.46. The molecule has 0 bridgehead atoms. The van der Waals surface area contributed by atoms with Gasteiger partial charge in [0, 0.05) is 11.5 Å². The van der Waals surface area contributed by atoms with Crippen LogP contribution in [0.3, 0.4) is 0 Å². The summed E-state index contributed by atoms with van der Waals surface area (Å²) in [6.07, 6.45) is -0.333. The van der Waals surface area contributed by atoms with Gasteiger partial charge in [0.25, 0.3) is 5.91 Å². The number of hydrogen-bond donors (Lipinski definition) is 3. The molecule has 1 aromatic heterocycles. The van der Waals surface area contributed by atoms with Crippen LogP contribution in [-0.2, 0) is 9.53 Å². The molecule has 9 heteroatoms. The lowest BCUT2D eigenvalue weighted by atomic mass is 9.86. The number of aromatic nitrogens is 1. The normalized spacial score (nSPS) is 21.0. The second kappa shape index (κ2) is 9.25. The fourth-order valence-corrected chi connectivity index (χ4v) is 3.73. The molecule has 3 rings (SSSR count). The third-order valence-electron chi connectivity index (χ3n) is 5.12. The third kappa shape index (κ3) is 5.00. The summed E-state index contributed by atoms with van der Waals surface area (Å²) in [5, 5.41) is 21.3. The van der Waals surface area contributed by atoms with E-state index in [0.717, 1.165) is 6.07 Å². The van der Waals surface area contributed by atoms with E-state index < -0.39 is 47.9 Å². The van der Waals surface area contributed by atoms with Gasteiger partial charge in [-0.2, -0.15) is 4.39 Å². The van der Waals surface area contributed by atoms with Crippen LogP contribution < -0.4 is 10.1 Å². The molecule has 0 unspecified atom stereocenters. The molecule has 1 amide bonds. The number of carbonyl (C=O) groups excluding carboxylic acids is 1. The van der Waals surface area contributed by atoms with Crippen molar-refractivity contribution in [1.82, 2.24) is 4.98 Å². The standard InChI is InChI=1S/C22H26F2N2O5/c1-4-30-19-13(6-7-15(23)18(19)24)14-9-22(2,3)31-20(14)21(29)26-12-5-8-16(25-10-12)17(28)11-27/h5-8,10,14,17,20,27-28H,4,9,11H2,1-3H3,(H,26,29)/t14-,17+,20+/m0/s1. The minimum Gasteiger partial charge on any atom is -0.490 e. The van der Waals surface area contributed by atoms with E-state index in [2.05, 4.69) is 10.3 Å². The maximum atomic E-state index is 14.4. The van der Waals surface area contributed by atoms with Crippen molar-refractivity contribution in [3.8, 4) is 5.75 Å². The fourth-order valence-electron chi connectivity index (χ4n) is 3.73. The molecule has 0 radical (unpaired) electrons. The van der Waals surface area contributed by atoms with Gasteiger partial charge >= 0.3 is 0 Å². The lowest BCUT2D eigenvalue weighted by Crippen LogP contribution is -2.33. The SMILES string of the molecule is CCOc1c([C@@H]2CC(C)(C)O[C@H]2C(=O)Nc2ccc([C@H](O)CO)nc2)ccc(F)c1F. The van der Waals surface area contributed by atoms with Crippen LogP contribution in [0.1, 0.15) is 50.5 Å². The zero-order valence-corrected chi connectivity index (χ0v) is 17.6. The summed E-state index contributed by atoms with van der Waals surface area (Å²) in [5.41, 5.74) is 0.320. The third-order valence-corrected chi connectivity index (χ3v) is 5.12. The first kappa shape index (κ1) is 23.1. The molecule has 3 N–H and O–H groups in total. The summed E-state index contributed by atoms with van der Waals surface area (Å²) in [6.45, 7) is 4.97. The monoisotopic (exact) mass is 436 g/mol. The van der Waals surface area contributed by atoms with Gasteiger partial charge in [-0.25, -0.2) is 4.39 Å². The highest BCUT2D eigenvalue weighted by Gasteiger charge is 2.46. The number of nitrogens with one attached hydrogen (secondary N) is 1. The van der Waals surface area contributed by atoms with Crippen molar-refractivity contribution in [2.75, 3.05) is 18.5 Å². The van der Waals surface area contributed by atoms with Crippen LogP contribution >= 0.6 is 0 Å². The summed E-state index contributed by atoms with van der Waals surface area (Å²) in [4.78, 5) is 17.0. The number of carbonyl (C=O) groups is 1. The summed E-state index contributed by atoms with van der Waals surface area (Å²) >= 11 is 0. The number of aliphatic hydroxyl groups is 2. The fraction of sp³-hybridized carbons (Fsp3) is 0.455. The smallest absolute Gasteiger partial charge is 0.254 e. The Balaban J connectivity index is 1.87. The highest BCUT2D eigenvalue weighted by Crippen LogP contribution is 2.45. The minimum atomic E-state index is -1.11. The minimum absolute atomic E-state index is 0.138. The second-order valence-electron chi connectivity index (χ2n) is 7.98. The van der Waals surface area contributed by atoms with Crippen LogP contribution in [0, 0.1) is 11.6 Å². The van der Waals surface area contributed by atoms with Gasteiger partial charge in [0.05, 0.1) is 36.4 Å². The first-order valence-corrected chi connectivity index (χ1v) is 10.0. The van der Waals surface area contributed by atoms with Crippen LogP contribution in [0.5, 0.6) is 5.75 Å². The van der Waals surface area contributed by atoms with Gasteiger partial charge in [0.2, 0.25) is 5.82 Å². The van der Waals surface area contributed by atoms with Gasteiger partial charge in [-0.05, 0) is 45.4 Å². The number of rotatable bonds is 7. The molecule has 1 fully saturated rings. The van der Waals surface area contributed by atoms with Crippen LogP contribution in [0.4, 0.5) is 14.5 Å². The van der Waals surface area contributed by atoms with Crippen molar-refractivity contribution in [2.45, 2.75) is 50.9 Å². The Morgan fingerprint density at radius 3 is 2.71 bits per heavy atom. The van der Waals surface area contributed by atoms with Crippen molar-refractivity contribution in [3.63, 3.8) is 0 Å². The highest BCUT2D eigenvalue weighted by atomic mass is 19.2. The Bertz CT molecular complexity index is 936. The van der Waals surface area contributed by atoms with E-state index in [-0.39, 0.29) is 18.1 Å². The van der Waals surface area contributed by atoms with Crippen LogP contribution in [-0.4, -0.2) is 46.0 Å². The number of hydrogen-bond acceptors (Lipinski definition) is 6. The maximum Gasteiger partial charge on any atom is 0.254 e. The van der Waals surface area contributed by atoms with E-state index in [9.17, 15) is 18.7 Å². The Morgan fingerprint density at radius 2 is 2.10 bits per heavy atom. The van der Waals surface area contributed by atoms with E-state index in [1.165, 1.54) is 24.4 Å². The van der Waals surface area contributed by atoms with Gasteiger partial charge in [0.1, 0.15) is 12.2 Å². The number of halogens is 2. The van der Waals surface area contributed by atoms with E-state index in [1.54, 1.807) is 6.92 Å². The van der Waals surface area contributed by atoms with Crippen LogP contribution in [0.25, 0.3) is 0 Å². The Labute approximate surface area is 179 Å². The van der Waals surface area contributed by atoms with Gasteiger partial charge in [-0.3, -0.25) is 9.78 Å². The average Bonchev–Trinajstić information content (AvgIpc) is 3.07. The molecule has 2 heterocycles. The molecule has 31 heavy (non-hydrogen) atoms. The zero-order valence-electron chi connectivity index (χ0n) is 17.6. The molecule has 1 aliphatic heterocycles. The average molecular weight is 436 g/mol. The number of pyridine rings is 1. The number of aliphatic hydroxyl groups excluding tert-OH is 2. The van der Waals surface area contributed by atoms with Gasteiger partial charge in [-0.15, -0.1) is 0 Å². The van der Waals surface area contributed by atoms with E-state index in [1.807, 2.05) is 13.8 Å². The molecule has 168 valence electrons. The van der Waals surface area contributed by atoms with Gasteiger partial charge in [-0.1, -0.05) is 6.07 Å². The number of benzene rings is 1. The highest BCUT2D eigenvalue weighted by molar-refractivity contribution is 5.95. The van der Waals surface area contributed by atoms with Crippen LogP contribution in [0.15, 0.2) is 30.5 Å². The molecule has 7 nitrogen and oxygen atoms in total. The quantitative estimate of drug-likeness (QED) is 0.617. The van der Waals surface area contributed by atoms with Crippen molar-refractivity contribution in [2.24, 2.45) is 0 Å². The number of nitrogens with zero attached hydrogens (tertiary/aromatic N) is 1. The number of ether oxygens (including phenoxy) is 2. The van der Waals surface area contributed by atoms with E-state index >= 15 is 0 Å². The van der Waals surface area contributed by atoms with Crippen molar-refractivity contribution in [1.29, 1.82) is 0 Å². The Morgan fingerprint density at radius 1 is 1.35 bits per heavy atom. The lowest BCUT2D eigenvalue weighted by molar-refractivity contribution is -0.130. The van der Waals surface area contributed by atoms with Gasteiger partial charge < -0.3 is 25.0 Å². The molecule has 3 atom stereocenters. The topological polar surface area (TPSA) is 101 Å². The molecule has 0 spiro atoms. The molecular formula is C22H26F2N2O5. The Hall–Kier alpha value is -2.62. The largest absolute Gasteiger partial charge is 0.490 e. The maximum absolute atomic E-state index is 14.4. The molecule has 1 aliphatic rings. The Kier molecular flexibility index (Phi) is 6.88. The van der Waals surface area contributed by atoms with Crippen molar-refractivity contribution in [3.05, 3.63) is 53.4 Å².